The molecule has 0 radical (unpaired) electrons. The van der Waals surface area contributed by atoms with Gasteiger partial charge in [0.1, 0.15) is 12.6 Å². The molecule has 0 amide bonds. The minimum absolute atomic E-state index is 0.00393. The number of unbranched alkanes of at least 4 members (excludes halogenated alkanes) is 7. The van der Waals surface area contributed by atoms with E-state index in [1.54, 1.807) is 18.2 Å². The lowest BCUT2D eigenvalue weighted by Gasteiger charge is -2.20. The highest BCUT2D eigenvalue weighted by molar-refractivity contribution is 7.47. The van der Waals surface area contributed by atoms with Crippen molar-refractivity contribution in [2.75, 3.05) is 19.8 Å². The fraction of sp³-hybridized carbons (Fsp3) is 0.562. The normalized spacial score (nSPS) is 15.2. The van der Waals surface area contributed by atoms with Gasteiger partial charge in [-0.1, -0.05) is 149 Å². The van der Waals surface area contributed by atoms with Crippen molar-refractivity contribution in [2.24, 2.45) is 5.73 Å². The molecule has 5 N–H and O–H groups in total. The molecule has 0 rings (SSSR count). The summed E-state index contributed by atoms with van der Waals surface area (Å²) < 4.78 is 32.5. The summed E-state index contributed by atoms with van der Waals surface area (Å²) >= 11 is 0. The summed E-state index contributed by atoms with van der Waals surface area (Å²) in [5.74, 6) is -2.65. The number of carboxylic acids is 1. The molecular formula is C48H76NO11P. The van der Waals surface area contributed by atoms with Gasteiger partial charge in [0.05, 0.1) is 19.3 Å². The number of carbonyl (C=O) groups is 3. The van der Waals surface area contributed by atoms with Crippen molar-refractivity contribution < 1.29 is 52.6 Å². The van der Waals surface area contributed by atoms with Crippen molar-refractivity contribution >= 4 is 25.7 Å². The van der Waals surface area contributed by atoms with Gasteiger partial charge >= 0.3 is 25.7 Å². The fourth-order valence-electron chi connectivity index (χ4n) is 5.06. The van der Waals surface area contributed by atoms with Crippen molar-refractivity contribution in [1.29, 1.82) is 0 Å². The molecule has 0 aromatic carbocycles. The molecule has 0 aliphatic heterocycles. The van der Waals surface area contributed by atoms with Gasteiger partial charge in [-0.3, -0.25) is 23.4 Å². The third kappa shape index (κ3) is 41.2. The van der Waals surface area contributed by atoms with Crippen molar-refractivity contribution in [1.82, 2.24) is 0 Å². The highest BCUT2D eigenvalue weighted by Gasteiger charge is 2.28. The van der Waals surface area contributed by atoms with Crippen LogP contribution >= 0.6 is 7.82 Å². The van der Waals surface area contributed by atoms with Crippen LogP contribution in [-0.2, 0) is 37.5 Å². The van der Waals surface area contributed by atoms with E-state index in [2.05, 4.69) is 73.1 Å². The number of esters is 2. The summed E-state index contributed by atoms with van der Waals surface area (Å²) in [6, 6.07) is -1.56. The lowest BCUT2D eigenvalue weighted by atomic mass is 10.2. The summed E-state index contributed by atoms with van der Waals surface area (Å²) in [7, 11) is -4.78. The molecule has 0 aliphatic carbocycles. The number of allylic oxidation sites excluding steroid dienone is 16. The Hall–Kier alpha value is -3.90. The van der Waals surface area contributed by atoms with Gasteiger partial charge < -0.3 is 30.3 Å². The zero-order valence-electron chi connectivity index (χ0n) is 36.8. The first-order valence-corrected chi connectivity index (χ1v) is 23.5. The van der Waals surface area contributed by atoms with Gasteiger partial charge in [0.15, 0.2) is 6.10 Å². The van der Waals surface area contributed by atoms with Crippen molar-refractivity contribution in [3.05, 3.63) is 109 Å². The smallest absolute Gasteiger partial charge is 0.472 e. The number of carbonyl (C=O) groups excluding carboxylic acids is 2. The summed E-state index contributed by atoms with van der Waals surface area (Å²) in [4.78, 5) is 45.9. The van der Waals surface area contributed by atoms with Crippen LogP contribution in [0.1, 0.15) is 136 Å². The van der Waals surface area contributed by atoms with Crippen LogP contribution in [0.15, 0.2) is 109 Å². The van der Waals surface area contributed by atoms with Crippen LogP contribution in [0.2, 0.25) is 0 Å². The zero-order valence-corrected chi connectivity index (χ0v) is 37.7. The Morgan fingerprint density at radius 2 is 1.08 bits per heavy atom. The Bertz CT molecular complexity index is 1460. The van der Waals surface area contributed by atoms with Crippen molar-refractivity contribution in [3.8, 4) is 0 Å². The predicted octanol–water partition coefficient (Wildman–Crippen LogP) is 10.8. The number of hydrogen-bond donors (Lipinski definition) is 4. The lowest BCUT2D eigenvalue weighted by molar-refractivity contribution is -0.161. The second-order valence-corrected chi connectivity index (χ2v) is 15.8. The van der Waals surface area contributed by atoms with Crippen LogP contribution in [0.4, 0.5) is 0 Å². The molecule has 0 aliphatic rings. The van der Waals surface area contributed by atoms with Gasteiger partial charge in [-0.05, 0) is 83.5 Å². The standard InChI is InChI=1S/C48H76NO11P/c1-3-5-7-9-11-13-14-15-16-17-18-19-20-21-22-24-26-30-34-38-46(51)57-40-44(41-58-61(55,56)59-42-45(49)48(53)54)60-47(52)39-35-31-27-29-33-37-43(50)36-32-28-25-23-12-10-8-6-4-2/h11-13,15-16,18-19,21-23,26-30,32-33,37,43-45,50H,3-10,14,17,20,24-25,31,34-36,38-42,49H2,1-2H3,(H,53,54)(H,55,56)/b13-11-,16-15-,19-18-,22-21-,23-12-,29-27+,30-26-,32-28-,37-33-/t43?,44-,45+/m1/s1. The largest absolute Gasteiger partial charge is 0.480 e. The average Bonchev–Trinajstić information content (AvgIpc) is 3.23. The maximum atomic E-state index is 12.6. The quantitative estimate of drug-likeness (QED) is 0.0150. The molecule has 12 nitrogen and oxygen atoms in total. The second-order valence-electron chi connectivity index (χ2n) is 14.3. The molecule has 61 heavy (non-hydrogen) atoms. The molecule has 0 aromatic heterocycles. The van der Waals surface area contributed by atoms with E-state index in [1.807, 2.05) is 36.5 Å². The highest BCUT2D eigenvalue weighted by Crippen LogP contribution is 2.43. The molecule has 0 aromatic rings. The van der Waals surface area contributed by atoms with Crippen molar-refractivity contribution in [2.45, 2.75) is 154 Å². The van der Waals surface area contributed by atoms with E-state index in [1.165, 1.54) is 38.5 Å². The molecule has 2 unspecified atom stereocenters. The molecule has 0 heterocycles. The van der Waals surface area contributed by atoms with E-state index < -0.39 is 63.8 Å². The third-order valence-electron chi connectivity index (χ3n) is 8.59. The summed E-state index contributed by atoms with van der Waals surface area (Å²) in [5.41, 5.74) is 5.32. The molecule has 344 valence electrons. The number of aliphatic carboxylic acids is 1. The molecule has 0 fully saturated rings. The Morgan fingerprint density at radius 1 is 0.590 bits per heavy atom. The number of aliphatic hydroxyl groups excluding tert-OH is 1. The number of ether oxygens (including phenoxy) is 2. The van der Waals surface area contributed by atoms with Gasteiger partial charge in [0.2, 0.25) is 0 Å². The molecule has 0 saturated carbocycles. The van der Waals surface area contributed by atoms with E-state index in [0.717, 1.165) is 38.5 Å². The monoisotopic (exact) mass is 874 g/mol. The number of phosphoric acid groups is 1. The maximum Gasteiger partial charge on any atom is 0.472 e. The number of rotatable bonds is 39. The second kappa shape index (κ2) is 41.5. The van der Waals surface area contributed by atoms with Gasteiger partial charge in [0.25, 0.3) is 0 Å². The number of aliphatic hydroxyl groups is 1. The molecule has 0 spiro atoms. The van der Waals surface area contributed by atoms with Crippen LogP contribution in [-0.4, -0.2) is 71.1 Å². The van der Waals surface area contributed by atoms with E-state index >= 15 is 0 Å². The number of hydrogen-bond acceptors (Lipinski definition) is 10. The predicted molar refractivity (Wildman–Crippen MR) is 246 cm³/mol. The van der Waals surface area contributed by atoms with E-state index in [-0.39, 0.29) is 12.8 Å². The van der Waals surface area contributed by atoms with Crippen molar-refractivity contribution in [3.63, 3.8) is 0 Å². The summed E-state index contributed by atoms with van der Waals surface area (Å²) in [6.45, 7) is 2.50. The first-order valence-electron chi connectivity index (χ1n) is 22.0. The van der Waals surface area contributed by atoms with Crippen LogP contribution < -0.4 is 5.73 Å². The fourth-order valence-corrected chi connectivity index (χ4v) is 5.84. The number of nitrogens with two attached hydrogens (primary N) is 1. The molecule has 0 saturated heterocycles. The van der Waals surface area contributed by atoms with Gasteiger partial charge in [-0.15, -0.1) is 0 Å². The zero-order chi connectivity index (χ0) is 45.1. The number of phosphoric ester groups is 1. The average molecular weight is 874 g/mol. The van der Waals surface area contributed by atoms with Crippen LogP contribution in [0.3, 0.4) is 0 Å². The lowest BCUT2D eigenvalue weighted by Crippen LogP contribution is -2.34. The molecule has 4 atom stereocenters. The summed E-state index contributed by atoms with van der Waals surface area (Å²) in [5, 5.41) is 19.0. The molecular weight excluding hydrogens is 797 g/mol. The molecule has 13 heteroatoms. The topological polar surface area (TPSA) is 192 Å². The van der Waals surface area contributed by atoms with Gasteiger partial charge in [0, 0.05) is 12.8 Å². The summed E-state index contributed by atoms with van der Waals surface area (Å²) in [6.07, 6.45) is 50.5. The van der Waals surface area contributed by atoms with Crippen LogP contribution in [0.5, 0.6) is 0 Å². The maximum absolute atomic E-state index is 12.6. The Morgan fingerprint density at radius 3 is 1.62 bits per heavy atom. The Kier molecular flexibility index (Phi) is 38.8. The van der Waals surface area contributed by atoms with Crippen LogP contribution in [0, 0.1) is 0 Å². The van der Waals surface area contributed by atoms with Gasteiger partial charge in [-0.25, -0.2) is 4.57 Å². The Balaban J connectivity index is 4.68. The first-order chi connectivity index (χ1) is 29.5. The van der Waals surface area contributed by atoms with E-state index in [9.17, 15) is 28.9 Å². The highest BCUT2D eigenvalue weighted by atomic mass is 31.2. The van der Waals surface area contributed by atoms with E-state index in [0.29, 0.717) is 32.1 Å². The third-order valence-corrected chi connectivity index (χ3v) is 9.54. The van der Waals surface area contributed by atoms with Crippen LogP contribution in [0.25, 0.3) is 0 Å². The minimum Gasteiger partial charge on any atom is -0.480 e. The Labute approximate surface area is 366 Å². The first kappa shape index (κ1) is 57.1. The van der Waals surface area contributed by atoms with Gasteiger partial charge in [-0.2, -0.15) is 0 Å². The molecule has 0 bridgehead atoms. The SMILES string of the molecule is CCCCC/C=C\C/C=C\C/C=C\C/C=C\C/C=C\CCC(=O)OC[C@H](COP(=O)(O)OC[C@H](N)C(=O)O)OC(=O)CCC/C=C/C=C\C(O)C/C=C\C/C=C\CCCCC. The minimum atomic E-state index is -4.78. The number of carboxylic acid groups (broad SMARTS) is 1. The van der Waals surface area contributed by atoms with E-state index in [4.69, 9.17) is 24.8 Å².